The molecule has 3 amide bonds. The number of amides is 3. The highest BCUT2D eigenvalue weighted by Crippen LogP contribution is 2.35. The van der Waals surface area contributed by atoms with Gasteiger partial charge in [0.25, 0.3) is 5.91 Å². The number of imide groups is 1. The third kappa shape index (κ3) is 3.96. The summed E-state index contributed by atoms with van der Waals surface area (Å²) >= 11 is 6.67. The van der Waals surface area contributed by atoms with Gasteiger partial charge in [-0.25, -0.2) is 9.69 Å². The first-order valence-electron chi connectivity index (χ1n) is 6.45. The number of hydrogen-bond acceptors (Lipinski definition) is 4. The van der Waals surface area contributed by atoms with Gasteiger partial charge in [0.05, 0.1) is 8.95 Å². The Morgan fingerprint density at radius 2 is 2.00 bits per heavy atom. The fourth-order valence-electron chi connectivity index (χ4n) is 1.93. The van der Waals surface area contributed by atoms with Crippen LogP contribution in [0.1, 0.15) is 5.56 Å². The van der Waals surface area contributed by atoms with Crippen molar-refractivity contribution in [2.45, 2.75) is 0 Å². The molecule has 1 aromatic rings. The molecule has 1 heterocycles. The maximum absolute atomic E-state index is 12.1. The lowest BCUT2D eigenvalue weighted by Gasteiger charge is -2.09. The molecular weight excluding hydrogens is 448 g/mol. The van der Waals surface area contributed by atoms with Crippen LogP contribution in [0.3, 0.4) is 0 Å². The second-order valence-electron chi connectivity index (χ2n) is 4.58. The molecule has 0 aromatic heterocycles. The first-order valence-corrected chi connectivity index (χ1v) is 8.03. The molecule has 0 unspecified atom stereocenters. The molecule has 124 valence electrons. The molecule has 7 nitrogen and oxygen atoms in total. The van der Waals surface area contributed by atoms with E-state index in [2.05, 4.69) is 43.1 Å². The zero-order chi connectivity index (χ0) is 17.9. The number of rotatable bonds is 5. The van der Waals surface area contributed by atoms with Gasteiger partial charge in [-0.2, -0.15) is 0 Å². The quantitative estimate of drug-likeness (QED) is 0.401. The van der Waals surface area contributed by atoms with Gasteiger partial charge in [-0.1, -0.05) is 5.92 Å². The van der Waals surface area contributed by atoms with Crippen LogP contribution in [0.5, 0.6) is 5.75 Å². The number of carbonyl (C=O) groups is 3. The van der Waals surface area contributed by atoms with Crippen molar-refractivity contribution in [3.05, 3.63) is 32.3 Å². The third-order valence-electron chi connectivity index (χ3n) is 2.89. The lowest BCUT2D eigenvalue weighted by molar-refractivity contribution is -0.140. The van der Waals surface area contributed by atoms with Gasteiger partial charge >= 0.3 is 12.0 Å². The van der Waals surface area contributed by atoms with E-state index in [0.717, 1.165) is 0 Å². The summed E-state index contributed by atoms with van der Waals surface area (Å²) in [5.74, 6) is 0.874. The van der Waals surface area contributed by atoms with E-state index >= 15 is 0 Å². The first kappa shape index (κ1) is 18.0. The van der Waals surface area contributed by atoms with Gasteiger partial charge in [-0.15, -0.1) is 6.42 Å². The zero-order valence-electron chi connectivity index (χ0n) is 12.0. The molecule has 1 aliphatic heterocycles. The van der Waals surface area contributed by atoms with E-state index < -0.39 is 24.5 Å². The van der Waals surface area contributed by atoms with Crippen LogP contribution in [0.4, 0.5) is 4.79 Å². The fourth-order valence-corrected chi connectivity index (χ4v) is 3.38. The normalized spacial score (nSPS) is 15.4. The molecule has 0 radical (unpaired) electrons. The number of hydrogen-bond donors (Lipinski definition) is 2. The number of aliphatic carboxylic acids is 1. The second kappa shape index (κ2) is 7.51. The Morgan fingerprint density at radius 3 is 2.54 bits per heavy atom. The van der Waals surface area contributed by atoms with E-state index in [1.54, 1.807) is 12.1 Å². The predicted octanol–water partition coefficient (Wildman–Crippen LogP) is 2.20. The van der Waals surface area contributed by atoms with Crippen LogP contribution < -0.4 is 10.1 Å². The number of urea groups is 1. The van der Waals surface area contributed by atoms with Crippen molar-refractivity contribution in [3.8, 4) is 18.1 Å². The molecule has 0 bridgehead atoms. The van der Waals surface area contributed by atoms with E-state index in [9.17, 15) is 14.4 Å². The number of benzene rings is 1. The minimum atomic E-state index is -1.28. The minimum absolute atomic E-state index is 0.0163. The monoisotopic (exact) mass is 456 g/mol. The zero-order valence-corrected chi connectivity index (χ0v) is 15.2. The van der Waals surface area contributed by atoms with Crippen molar-refractivity contribution in [1.29, 1.82) is 0 Å². The average Bonchev–Trinajstić information content (AvgIpc) is 2.74. The number of halogens is 2. The largest absolute Gasteiger partial charge is 0.480 e. The molecule has 1 aliphatic rings. The summed E-state index contributed by atoms with van der Waals surface area (Å²) in [5.41, 5.74) is 0.569. The van der Waals surface area contributed by atoms with Gasteiger partial charge in [0, 0.05) is 0 Å². The van der Waals surface area contributed by atoms with Crippen LogP contribution in [-0.2, 0) is 9.59 Å². The van der Waals surface area contributed by atoms with E-state index in [4.69, 9.17) is 16.3 Å². The van der Waals surface area contributed by atoms with Crippen LogP contribution in [0.15, 0.2) is 26.8 Å². The van der Waals surface area contributed by atoms with Gasteiger partial charge < -0.3 is 15.2 Å². The fraction of sp³-hybridized carbons (Fsp3) is 0.133. The van der Waals surface area contributed by atoms with Gasteiger partial charge in [-0.3, -0.25) is 9.59 Å². The Labute approximate surface area is 153 Å². The highest BCUT2D eigenvalue weighted by atomic mass is 79.9. The lowest BCUT2D eigenvalue weighted by atomic mass is 10.2. The molecular formula is C15H10Br2N2O5. The molecule has 2 N–H and O–H groups in total. The van der Waals surface area contributed by atoms with Gasteiger partial charge in [-0.05, 0) is 55.6 Å². The number of terminal acetylenes is 1. The van der Waals surface area contributed by atoms with E-state index in [1.165, 1.54) is 6.08 Å². The maximum Gasteiger partial charge on any atom is 0.329 e. The van der Waals surface area contributed by atoms with E-state index in [-0.39, 0.29) is 12.3 Å². The summed E-state index contributed by atoms with van der Waals surface area (Å²) in [6.07, 6.45) is 6.58. The summed E-state index contributed by atoms with van der Waals surface area (Å²) < 4.78 is 6.57. The van der Waals surface area contributed by atoms with Crippen LogP contribution in [-0.4, -0.2) is 41.1 Å². The standard InChI is InChI=1S/C15H10Br2N2O5/c1-2-3-24-13-9(16)4-8(5-10(13)17)6-11-14(22)19(7-12(20)21)15(23)18-11/h1,4-6H,3,7H2,(H,18,23)(H,20,21)/b11-6+. The number of carbonyl (C=O) groups excluding carboxylic acids is 2. The van der Waals surface area contributed by atoms with Crippen molar-refractivity contribution < 1.29 is 24.2 Å². The summed E-state index contributed by atoms with van der Waals surface area (Å²) in [6.45, 7) is -0.607. The number of carboxylic acid groups (broad SMARTS) is 1. The second-order valence-corrected chi connectivity index (χ2v) is 6.29. The average molecular weight is 458 g/mol. The Kier molecular flexibility index (Phi) is 5.64. The van der Waals surface area contributed by atoms with Crippen LogP contribution in [0.2, 0.25) is 0 Å². The highest BCUT2D eigenvalue weighted by Gasteiger charge is 2.34. The Morgan fingerprint density at radius 1 is 1.38 bits per heavy atom. The van der Waals surface area contributed by atoms with Gasteiger partial charge in [0.1, 0.15) is 24.6 Å². The number of ether oxygens (including phenoxy) is 1. The van der Waals surface area contributed by atoms with Crippen LogP contribution in [0.25, 0.3) is 6.08 Å². The SMILES string of the molecule is C#CCOc1c(Br)cc(/C=C2/NC(=O)N(CC(=O)O)C2=O)cc1Br. The Bertz CT molecular complexity index is 775. The van der Waals surface area contributed by atoms with Crippen molar-refractivity contribution in [3.63, 3.8) is 0 Å². The van der Waals surface area contributed by atoms with Crippen molar-refractivity contribution >= 4 is 55.8 Å². The molecule has 9 heteroatoms. The van der Waals surface area contributed by atoms with Gasteiger partial charge in [0.15, 0.2) is 0 Å². The van der Waals surface area contributed by atoms with Crippen molar-refractivity contribution in [2.75, 3.05) is 13.2 Å². The topological polar surface area (TPSA) is 95.9 Å². The molecule has 2 rings (SSSR count). The predicted molar refractivity (Wildman–Crippen MR) is 92.0 cm³/mol. The maximum atomic E-state index is 12.1. The van der Waals surface area contributed by atoms with Crippen LogP contribution >= 0.6 is 31.9 Å². The first-order chi connectivity index (χ1) is 11.3. The van der Waals surface area contributed by atoms with E-state index in [0.29, 0.717) is 25.2 Å². The molecule has 24 heavy (non-hydrogen) atoms. The smallest absolute Gasteiger partial charge is 0.329 e. The van der Waals surface area contributed by atoms with Crippen molar-refractivity contribution in [1.82, 2.24) is 10.2 Å². The molecule has 0 aliphatic carbocycles. The summed E-state index contributed by atoms with van der Waals surface area (Å²) in [5, 5.41) is 11.1. The molecule has 1 aromatic carbocycles. The minimum Gasteiger partial charge on any atom is -0.480 e. The number of nitrogens with zero attached hydrogens (tertiary/aromatic N) is 1. The summed E-state index contributed by atoms with van der Waals surface area (Å²) in [4.78, 5) is 35.0. The number of carboxylic acids is 1. The third-order valence-corrected chi connectivity index (χ3v) is 4.07. The summed E-state index contributed by atoms with van der Waals surface area (Å²) in [6, 6.07) is 2.56. The van der Waals surface area contributed by atoms with Gasteiger partial charge in [0.2, 0.25) is 0 Å². The molecule has 0 spiro atoms. The number of nitrogens with one attached hydrogen (secondary N) is 1. The lowest BCUT2D eigenvalue weighted by Crippen LogP contribution is -2.35. The molecule has 0 saturated carbocycles. The van der Waals surface area contributed by atoms with Crippen LogP contribution in [0, 0.1) is 12.3 Å². The Balaban J connectivity index is 2.29. The molecule has 1 fully saturated rings. The molecule has 1 saturated heterocycles. The molecule has 0 atom stereocenters. The summed E-state index contributed by atoms with van der Waals surface area (Å²) in [7, 11) is 0. The highest BCUT2D eigenvalue weighted by molar-refractivity contribution is 9.11. The van der Waals surface area contributed by atoms with E-state index in [1.807, 2.05) is 0 Å². The van der Waals surface area contributed by atoms with Crippen molar-refractivity contribution in [2.24, 2.45) is 0 Å². The Hall–Kier alpha value is -2.31.